The molecule has 30 heavy (non-hydrogen) atoms. The van der Waals surface area contributed by atoms with Gasteiger partial charge in [-0.15, -0.1) is 0 Å². The molecule has 3 rings (SSSR count). The van der Waals surface area contributed by atoms with Gasteiger partial charge in [0.05, 0.1) is 19.1 Å². The standard InChI is InChI=1S/C23H34N4O3/c1-3-24-23(27-14-5-7-20(17-27)22(29)30-4-2)25-15-18-9-11-19(12-10-18)16-26-13-6-8-21(26)28/h9-12,20H,3-8,13-17H2,1-2H3,(H,24,25). The van der Waals surface area contributed by atoms with Gasteiger partial charge in [0, 0.05) is 39.1 Å². The van der Waals surface area contributed by atoms with E-state index in [0.717, 1.165) is 56.0 Å². The number of aliphatic imine (C=N–C) groups is 1. The number of ether oxygens (including phenoxy) is 1. The Hall–Kier alpha value is -2.57. The zero-order chi connectivity index (χ0) is 21.3. The lowest BCUT2D eigenvalue weighted by Gasteiger charge is -2.34. The molecule has 2 aliphatic rings. The molecule has 1 amide bonds. The van der Waals surface area contributed by atoms with E-state index in [9.17, 15) is 9.59 Å². The highest BCUT2D eigenvalue weighted by atomic mass is 16.5. The zero-order valence-electron chi connectivity index (χ0n) is 18.2. The Morgan fingerprint density at radius 3 is 2.60 bits per heavy atom. The molecule has 2 fully saturated rings. The number of carbonyl (C=O) groups excluding carboxylic acids is 2. The molecule has 1 unspecified atom stereocenters. The molecule has 2 heterocycles. The van der Waals surface area contributed by atoms with Crippen molar-refractivity contribution < 1.29 is 14.3 Å². The van der Waals surface area contributed by atoms with Crippen LogP contribution in [-0.2, 0) is 27.4 Å². The first kappa shape index (κ1) is 22.1. The van der Waals surface area contributed by atoms with Crippen molar-refractivity contribution in [2.45, 2.75) is 52.6 Å². The van der Waals surface area contributed by atoms with Crippen molar-refractivity contribution in [1.82, 2.24) is 15.1 Å². The quantitative estimate of drug-likeness (QED) is 0.422. The summed E-state index contributed by atoms with van der Waals surface area (Å²) in [6, 6.07) is 8.34. The van der Waals surface area contributed by atoms with Crippen LogP contribution >= 0.6 is 0 Å². The summed E-state index contributed by atoms with van der Waals surface area (Å²) in [5, 5.41) is 3.36. The molecule has 0 saturated carbocycles. The van der Waals surface area contributed by atoms with Crippen LogP contribution in [-0.4, -0.2) is 60.4 Å². The largest absolute Gasteiger partial charge is 0.466 e. The fourth-order valence-corrected chi connectivity index (χ4v) is 4.06. The van der Waals surface area contributed by atoms with Crippen LogP contribution in [0.2, 0.25) is 0 Å². The van der Waals surface area contributed by atoms with Crippen molar-refractivity contribution in [1.29, 1.82) is 0 Å². The van der Waals surface area contributed by atoms with Gasteiger partial charge in [-0.2, -0.15) is 0 Å². The molecule has 1 N–H and O–H groups in total. The molecule has 1 aromatic carbocycles. The minimum Gasteiger partial charge on any atom is -0.466 e. The third-order valence-corrected chi connectivity index (χ3v) is 5.65. The molecule has 0 radical (unpaired) electrons. The number of hydrogen-bond donors (Lipinski definition) is 1. The molecule has 164 valence electrons. The van der Waals surface area contributed by atoms with Gasteiger partial charge < -0.3 is 19.9 Å². The normalized spacial score (nSPS) is 19.9. The van der Waals surface area contributed by atoms with Crippen LogP contribution in [0.5, 0.6) is 0 Å². The molecule has 0 aromatic heterocycles. The van der Waals surface area contributed by atoms with Crippen LogP contribution in [0.25, 0.3) is 0 Å². The highest BCUT2D eigenvalue weighted by Gasteiger charge is 2.28. The molecule has 1 aromatic rings. The maximum absolute atomic E-state index is 12.1. The number of hydrogen-bond acceptors (Lipinski definition) is 4. The predicted molar refractivity (Wildman–Crippen MR) is 117 cm³/mol. The van der Waals surface area contributed by atoms with E-state index in [4.69, 9.17) is 9.73 Å². The van der Waals surface area contributed by atoms with Crippen molar-refractivity contribution in [3.8, 4) is 0 Å². The molecule has 0 bridgehead atoms. The van der Waals surface area contributed by atoms with Crippen molar-refractivity contribution in [3.05, 3.63) is 35.4 Å². The van der Waals surface area contributed by atoms with E-state index in [1.807, 2.05) is 11.8 Å². The summed E-state index contributed by atoms with van der Waals surface area (Å²) in [5.74, 6) is 0.903. The van der Waals surface area contributed by atoms with E-state index in [0.29, 0.717) is 32.7 Å². The minimum absolute atomic E-state index is 0.0878. The smallest absolute Gasteiger partial charge is 0.310 e. The van der Waals surface area contributed by atoms with Crippen molar-refractivity contribution in [2.24, 2.45) is 10.9 Å². The summed E-state index contributed by atoms with van der Waals surface area (Å²) in [7, 11) is 0. The van der Waals surface area contributed by atoms with Crippen LogP contribution in [0, 0.1) is 5.92 Å². The summed E-state index contributed by atoms with van der Waals surface area (Å²) in [6.07, 6.45) is 3.47. The van der Waals surface area contributed by atoms with Crippen molar-refractivity contribution in [3.63, 3.8) is 0 Å². The van der Waals surface area contributed by atoms with E-state index in [1.165, 1.54) is 0 Å². The Balaban J connectivity index is 1.59. The molecular weight excluding hydrogens is 380 g/mol. The summed E-state index contributed by atoms with van der Waals surface area (Å²) < 4.78 is 5.21. The van der Waals surface area contributed by atoms with Gasteiger partial charge in [-0.3, -0.25) is 9.59 Å². The van der Waals surface area contributed by atoms with Crippen LogP contribution in [0.4, 0.5) is 0 Å². The number of carbonyl (C=O) groups is 2. The molecule has 2 saturated heterocycles. The molecule has 7 heteroatoms. The van der Waals surface area contributed by atoms with Gasteiger partial charge >= 0.3 is 5.97 Å². The predicted octanol–water partition coefficient (Wildman–Crippen LogP) is 2.55. The van der Waals surface area contributed by atoms with E-state index >= 15 is 0 Å². The fourth-order valence-electron chi connectivity index (χ4n) is 4.06. The summed E-state index contributed by atoms with van der Waals surface area (Å²) in [5.41, 5.74) is 2.28. The van der Waals surface area contributed by atoms with Gasteiger partial charge in [0.15, 0.2) is 5.96 Å². The summed E-state index contributed by atoms with van der Waals surface area (Å²) in [6.45, 7) is 8.76. The molecule has 1 atom stereocenters. The maximum Gasteiger partial charge on any atom is 0.310 e. The van der Waals surface area contributed by atoms with Gasteiger partial charge in [-0.1, -0.05) is 24.3 Å². The Morgan fingerprint density at radius 1 is 1.17 bits per heavy atom. The molecule has 7 nitrogen and oxygen atoms in total. The van der Waals surface area contributed by atoms with E-state index in [2.05, 4.69) is 41.4 Å². The number of likely N-dealkylation sites (tertiary alicyclic amines) is 2. The van der Waals surface area contributed by atoms with E-state index in [-0.39, 0.29) is 17.8 Å². The third-order valence-electron chi connectivity index (χ3n) is 5.65. The number of guanidine groups is 1. The number of amides is 1. The SMILES string of the molecule is CCNC(=NCc1ccc(CN2CCCC2=O)cc1)N1CCCC(C(=O)OCC)C1. The summed E-state index contributed by atoms with van der Waals surface area (Å²) >= 11 is 0. The zero-order valence-corrected chi connectivity index (χ0v) is 18.2. The van der Waals surface area contributed by atoms with Crippen molar-refractivity contribution in [2.75, 3.05) is 32.8 Å². The van der Waals surface area contributed by atoms with Crippen LogP contribution < -0.4 is 5.32 Å². The Bertz CT molecular complexity index is 747. The highest BCUT2D eigenvalue weighted by Crippen LogP contribution is 2.19. The Kier molecular flexibility index (Phi) is 8.11. The van der Waals surface area contributed by atoms with Crippen LogP contribution in [0.3, 0.4) is 0 Å². The monoisotopic (exact) mass is 414 g/mol. The second kappa shape index (κ2) is 11.0. The molecule has 0 aliphatic carbocycles. The average Bonchev–Trinajstić information content (AvgIpc) is 3.17. The number of rotatable bonds is 7. The topological polar surface area (TPSA) is 74.2 Å². The maximum atomic E-state index is 12.1. The van der Waals surface area contributed by atoms with Gasteiger partial charge in [-0.25, -0.2) is 4.99 Å². The Labute approximate surface area is 179 Å². The van der Waals surface area contributed by atoms with Gasteiger partial charge in [0.2, 0.25) is 5.91 Å². The number of benzene rings is 1. The molecular formula is C23H34N4O3. The lowest BCUT2D eigenvalue weighted by Crippen LogP contribution is -2.48. The summed E-state index contributed by atoms with van der Waals surface area (Å²) in [4.78, 5) is 32.8. The first-order valence-corrected chi connectivity index (χ1v) is 11.2. The number of esters is 1. The highest BCUT2D eigenvalue weighted by molar-refractivity contribution is 5.81. The lowest BCUT2D eigenvalue weighted by molar-refractivity contribution is -0.149. The van der Waals surface area contributed by atoms with Crippen molar-refractivity contribution >= 4 is 17.8 Å². The second-order valence-electron chi connectivity index (χ2n) is 7.94. The van der Waals surface area contributed by atoms with Crippen LogP contribution in [0.15, 0.2) is 29.3 Å². The van der Waals surface area contributed by atoms with Gasteiger partial charge in [0.25, 0.3) is 0 Å². The average molecular weight is 415 g/mol. The first-order chi connectivity index (χ1) is 14.6. The number of nitrogens with one attached hydrogen (secondary N) is 1. The van der Waals surface area contributed by atoms with E-state index in [1.54, 1.807) is 0 Å². The van der Waals surface area contributed by atoms with Gasteiger partial charge in [-0.05, 0) is 44.2 Å². The molecule has 0 spiro atoms. The van der Waals surface area contributed by atoms with Gasteiger partial charge in [0.1, 0.15) is 0 Å². The Morgan fingerprint density at radius 2 is 1.93 bits per heavy atom. The fraction of sp³-hybridized carbons (Fsp3) is 0.609. The lowest BCUT2D eigenvalue weighted by atomic mass is 9.98. The molecule has 2 aliphatic heterocycles. The van der Waals surface area contributed by atoms with Crippen LogP contribution in [0.1, 0.15) is 50.7 Å². The minimum atomic E-state index is -0.106. The number of nitrogens with zero attached hydrogens (tertiary/aromatic N) is 3. The first-order valence-electron chi connectivity index (χ1n) is 11.2. The second-order valence-corrected chi connectivity index (χ2v) is 7.94. The number of piperidine rings is 1. The van der Waals surface area contributed by atoms with E-state index < -0.39 is 0 Å². The third kappa shape index (κ3) is 5.97.